The van der Waals surface area contributed by atoms with Crippen molar-refractivity contribution in [3.8, 4) is 5.75 Å². The molecule has 1 aromatic carbocycles. The molecule has 0 radical (unpaired) electrons. The molecule has 0 aliphatic carbocycles. The van der Waals surface area contributed by atoms with Gasteiger partial charge in [0.1, 0.15) is 5.75 Å². The number of nitrogens with one attached hydrogen (secondary N) is 1. The SMILES string of the molecule is COc1ccc2cc(CN3CC4CC(C3)c3cccc(=O)n3C4)c(=O)[nH]c2c1. The normalized spacial score (nSPS) is 21.5. The van der Waals surface area contributed by atoms with E-state index in [0.29, 0.717) is 18.4 Å². The molecule has 6 heteroatoms. The fraction of sp³-hybridized carbons (Fsp3) is 0.364. The average Bonchev–Trinajstić information content (AvgIpc) is 2.69. The second-order valence-corrected chi connectivity index (χ2v) is 7.97. The molecule has 2 aliphatic heterocycles. The third-order valence-corrected chi connectivity index (χ3v) is 6.08. The average molecular weight is 377 g/mol. The standard InChI is InChI=1S/C22H23N3O3/c1-28-18-6-5-15-8-17(22(27)23-19(15)9-18)13-24-10-14-7-16(12-24)20-3-2-4-21(26)25(20)11-14/h2-6,8-9,14,16H,7,10-13H2,1H3,(H,23,27). The van der Waals surface area contributed by atoms with Gasteiger partial charge in [-0.15, -0.1) is 0 Å². The summed E-state index contributed by atoms with van der Waals surface area (Å²) in [6.45, 7) is 3.19. The van der Waals surface area contributed by atoms with Crippen molar-refractivity contribution in [1.29, 1.82) is 0 Å². The molecule has 2 atom stereocenters. The maximum atomic E-state index is 12.6. The summed E-state index contributed by atoms with van der Waals surface area (Å²) in [5.74, 6) is 1.54. The Morgan fingerprint density at radius 3 is 2.86 bits per heavy atom. The Hall–Kier alpha value is -2.86. The molecule has 2 aliphatic rings. The number of pyridine rings is 2. The highest BCUT2D eigenvalue weighted by Crippen LogP contribution is 2.35. The van der Waals surface area contributed by atoms with E-state index in [0.717, 1.165) is 54.0 Å². The van der Waals surface area contributed by atoms with E-state index in [1.807, 2.05) is 34.9 Å². The zero-order valence-electron chi connectivity index (χ0n) is 15.9. The van der Waals surface area contributed by atoms with Gasteiger partial charge in [-0.1, -0.05) is 6.07 Å². The van der Waals surface area contributed by atoms with E-state index >= 15 is 0 Å². The zero-order valence-corrected chi connectivity index (χ0v) is 15.9. The lowest BCUT2D eigenvalue weighted by atomic mass is 9.83. The minimum atomic E-state index is -0.0481. The Balaban J connectivity index is 1.42. The van der Waals surface area contributed by atoms with Crippen molar-refractivity contribution in [1.82, 2.24) is 14.5 Å². The van der Waals surface area contributed by atoms with Gasteiger partial charge in [0.2, 0.25) is 0 Å². The van der Waals surface area contributed by atoms with Gasteiger partial charge in [0.05, 0.1) is 12.6 Å². The number of methoxy groups -OCH3 is 1. The fourth-order valence-corrected chi connectivity index (χ4v) is 4.84. The topological polar surface area (TPSA) is 67.3 Å². The van der Waals surface area contributed by atoms with Crippen LogP contribution in [0.3, 0.4) is 0 Å². The molecule has 0 spiro atoms. The van der Waals surface area contributed by atoms with Gasteiger partial charge in [-0.2, -0.15) is 0 Å². The van der Waals surface area contributed by atoms with Crippen molar-refractivity contribution >= 4 is 10.9 Å². The first kappa shape index (κ1) is 17.3. The summed E-state index contributed by atoms with van der Waals surface area (Å²) in [4.78, 5) is 30.2. The van der Waals surface area contributed by atoms with Crippen molar-refractivity contribution in [2.24, 2.45) is 5.92 Å². The Labute approximate surface area is 162 Å². The molecule has 144 valence electrons. The molecule has 28 heavy (non-hydrogen) atoms. The first-order valence-corrected chi connectivity index (χ1v) is 9.73. The number of hydrogen-bond acceptors (Lipinski definition) is 4. The molecule has 4 heterocycles. The number of H-pyrrole nitrogens is 1. The van der Waals surface area contributed by atoms with E-state index in [1.54, 1.807) is 13.2 Å². The van der Waals surface area contributed by atoms with Gasteiger partial charge in [0, 0.05) is 55.5 Å². The van der Waals surface area contributed by atoms with Crippen LogP contribution in [0.4, 0.5) is 0 Å². The number of likely N-dealkylation sites (tertiary alicyclic amines) is 1. The fourth-order valence-electron chi connectivity index (χ4n) is 4.84. The van der Waals surface area contributed by atoms with Crippen LogP contribution in [-0.4, -0.2) is 34.7 Å². The second kappa shape index (κ2) is 6.63. The van der Waals surface area contributed by atoms with Gasteiger partial charge >= 0.3 is 0 Å². The predicted octanol–water partition coefficient (Wildman–Crippen LogP) is 2.32. The van der Waals surface area contributed by atoms with E-state index < -0.39 is 0 Å². The van der Waals surface area contributed by atoms with E-state index in [4.69, 9.17) is 4.74 Å². The maximum absolute atomic E-state index is 12.6. The van der Waals surface area contributed by atoms with Crippen LogP contribution < -0.4 is 15.9 Å². The van der Waals surface area contributed by atoms with E-state index in [9.17, 15) is 9.59 Å². The summed E-state index contributed by atoms with van der Waals surface area (Å²) in [6, 6.07) is 13.3. The minimum absolute atomic E-state index is 0.0481. The van der Waals surface area contributed by atoms with Crippen molar-refractivity contribution < 1.29 is 4.74 Å². The van der Waals surface area contributed by atoms with Crippen LogP contribution in [0.25, 0.3) is 10.9 Å². The summed E-state index contributed by atoms with van der Waals surface area (Å²) in [5, 5.41) is 1.00. The summed E-state index contributed by atoms with van der Waals surface area (Å²) in [6.07, 6.45) is 1.12. The molecular formula is C22H23N3O3. The highest BCUT2D eigenvalue weighted by molar-refractivity contribution is 5.80. The number of ether oxygens (including phenoxy) is 1. The molecular weight excluding hydrogens is 354 g/mol. The molecule has 1 N–H and O–H groups in total. The Morgan fingerprint density at radius 1 is 1.11 bits per heavy atom. The van der Waals surface area contributed by atoms with Crippen LogP contribution in [-0.2, 0) is 13.1 Å². The number of aromatic nitrogens is 2. The summed E-state index contributed by atoms with van der Waals surface area (Å²) in [5.41, 5.74) is 2.75. The molecule has 3 aromatic rings. The van der Waals surface area contributed by atoms with Gasteiger partial charge in [-0.05, 0) is 42.0 Å². The van der Waals surface area contributed by atoms with Gasteiger partial charge in [0.15, 0.2) is 0 Å². The van der Waals surface area contributed by atoms with Crippen LogP contribution in [0.5, 0.6) is 5.75 Å². The van der Waals surface area contributed by atoms with Crippen LogP contribution >= 0.6 is 0 Å². The number of benzene rings is 1. The summed E-state index contributed by atoms with van der Waals surface area (Å²) < 4.78 is 7.18. The summed E-state index contributed by atoms with van der Waals surface area (Å²) in [7, 11) is 1.62. The predicted molar refractivity (Wildman–Crippen MR) is 108 cm³/mol. The number of aromatic amines is 1. The zero-order chi connectivity index (χ0) is 19.3. The van der Waals surface area contributed by atoms with Crippen molar-refractivity contribution in [2.45, 2.75) is 25.4 Å². The van der Waals surface area contributed by atoms with Crippen LogP contribution in [0.15, 0.2) is 52.1 Å². The highest BCUT2D eigenvalue weighted by Gasteiger charge is 2.34. The molecule has 5 rings (SSSR count). The molecule has 0 amide bonds. The van der Waals surface area contributed by atoms with Crippen LogP contribution in [0.1, 0.15) is 23.6 Å². The smallest absolute Gasteiger partial charge is 0.252 e. The molecule has 2 unspecified atom stereocenters. The summed E-state index contributed by atoms with van der Waals surface area (Å²) >= 11 is 0. The van der Waals surface area contributed by atoms with Gasteiger partial charge in [-0.3, -0.25) is 14.5 Å². The third-order valence-electron chi connectivity index (χ3n) is 6.08. The second-order valence-electron chi connectivity index (χ2n) is 7.97. The largest absolute Gasteiger partial charge is 0.497 e. The molecule has 1 saturated heterocycles. The van der Waals surface area contributed by atoms with Crippen LogP contribution in [0.2, 0.25) is 0 Å². The lowest BCUT2D eigenvalue weighted by molar-refractivity contribution is 0.114. The van der Waals surface area contributed by atoms with Crippen molar-refractivity contribution in [3.63, 3.8) is 0 Å². The minimum Gasteiger partial charge on any atom is -0.497 e. The van der Waals surface area contributed by atoms with Gasteiger partial charge in [-0.25, -0.2) is 0 Å². The quantitative estimate of drug-likeness (QED) is 0.761. The van der Waals surface area contributed by atoms with Crippen molar-refractivity contribution in [2.75, 3.05) is 20.2 Å². The third kappa shape index (κ3) is 2.94. The number of fused-ring (bicyclic) bond motifs is 5. The number of piperidine rings is 1. The maximum Gasteiger partial charge on any atom is 0.252 e. The number of hydrogen-bond donors (Lipinski definition) is 1. The van der Waals surface area contributed by atoms with Gasteiger partial charge < -0.3 is 14.3 Å². The molecule has 2 aromatic heterocycles. The number of nitrogens with zero attached hydrogens (tertiary/aromatic N) is 2. The first-order valence-electron chi connectivity index (χ1n) is 9.73. The monoisotopic (exact) mass is 377 g/mol. The van der Waals surface area contributed by atoms with Gasteiger partial charge in [0.25, 0.3) is 11.1 Å². The highest BCUT2D eigenvalue weighted by atomic mass is 16.5. The first-order chi connectivity index (χ1) is 13.6. The lowest BCUT2D eigenvalue weighted by Crippen LogP contribution is -2.47. The van der Waals surface area contributed by atoms with Crippen LogP contribution in [0, 0.1) is 5.92 Å². The van der Waals surface area contributed by atoms with Crippen molar-refractivity contribution in [3.05, 3.63) is 74.4 Å². The Bertz CT molecular complexity index is 1160. The molecule has 2 bridgehead atoms. The van der Waals surface area contributed by atoms with E-state index in [2.05, 4.69) is 16.0 Å². The lowest BCUT2D eigenvalue weighted by Gasteiger charge is -2.42. The molecule has 1 fully saturated rings. The van der Waals surface area contributed by atoms with E-state index in [1.165, 1.54) is 0 Å². The molecule has 0 saturated carbocycles. The van der Waals surface area contributed by atoms with E-state index in [-0.39, 0.29) is 11.1 Å². The number of rotatable bonds is 3. The molecule has 6 nitrogen and oxygen atoms in total. The Kier molecular flexibility index (Phi) is 4.09. The Morgan fingerprint density at radius 2 is 2.00 bits per heavy atom.